The maximum atomic E-state index is 13.4. The molecule has 264 valence electrons. The summed E-state index contributed by atoms with van der Waals surface area (Å²) in [5.74, 6) is -0.538. The number of carbonyl (C=O) groups excluding carboxylic acids is 2. The number of aromatic nitrogens is 2. The van der Waals surface area contributed by atoms with Crippen molar-refractivity contribution in [1.29, 1.82) is 0 Å². The zero-order valence-corrected chi connectivity index (χ0v) is 28.9. The van der Waals surface area contributed by atoms with E-state index in [1.54, 1.807) is 13.4 Å². The molecule has 1 saturated carbocycles. The number of aliphatic hydroxyl groups excluding tert-OH is 2. The van der Waals surface area contributed by atoms with Crippen LogP contribution in [0.15, 0.2) is 24.2 Å². The van der Waals surface area contributed by atoms with Gasteiger partial charge in [-0.25, -0.2) is 4.98 Å². The number of methoxy groups -OCH3 is 1. The van der Waals surface area contributed by atoms with Crippen LogP contribution in [-0.2, 0) is 51.5 Å². The zero-order valence-electron chi connectivity index (χ0n) is 28.9. The van der Waals surface area contributed by atoms with E-state index < -0.39 is 48.1 Å². The first-order valence-electron chi connectivity index (χ1n) is 17.1. The predicted molar refractivity (Wildman–Crippen MR) is 170 cm³/mol. The van der Waals surface area contributed by atoms with E-state index in [9.17, 15) is 19.8 Å². The van der Waals surface area contributed by atoms with Crippen molar-refractivity contribution in [1.82, 2.24) is 9.55 Å². The number of aryl methyl sites for hydroxylation is 2. The third-order valence-electron chi connectivity index (χ3n) is 11.0. The fraction of sp³-hybridized carbons (Fsp3) is 0.800. The lowest BCUT2D eigenvalue weighted by atomic mass is 9.61. The van der Waals surface area contributed by atoms with Gasteiger partial charge in [-0.1, -0.05) is 33.3 Å². The highest BCUT2D eigenvalue weighted by Gasteiger charge is 2.57. The fourth-order valence-corrected chi connectivity index (χ4v) is 8.22. The Hall–Kier alpha value is -2.35. The summed E-state index contributed by atoms with van der Waals surface area (Å²) in [6, 6.07) is 0. The summed E-state index contributed by atoms with van der Waals surface area (Å²) in [5, 5.41) is 20.8. The first kappa shape index (κ1) is 35.9. The summed E-state index contributed by atoms with van der Waals surface area (Å²) >= 11 is 0. The van der Waals surface area contributed by atoms with Crippen LogP contribution in [0.5, 0.6) is 0 Å². The Kier molecular flexibility index (Phi) is 11.2. The molecule has 11 atom stereocenters. The van der Waals surface area contributed by atoms with Crippen LogP contribution >= 0.6 is 0 Å². The predicted octanol–water partition coefficient (Wildman–Crippen LogP) is 3.47. The molecule has 4 heterocycles. The van der Waals surface area contributed by atoms with Crippen molar-refractivity contribution in [3.05, 3.63) is 29.9 Å². The van der Waals surface area contributed by atoms with E-state index >= 15 is 0 Å². The molecule has 3 fully saturated rings. The van der Waals surface area contributed by atoms with Gasteiger partial charge in [-0.2, -0.15) is 0 Å². The molecule has 2 N–H and O–H groups in total. The normalized spacial score (nSPS) is 38.9. The number of carbonyl (C=O) groups is 2. The average Bonchev–Trinajstić information content (AvgIpc) is 3.61. The summed E-state index contributed by atoms with van der Waals surface area (Å²) in [6.07, 6.45) is 5.15. The molecule has 4 aliphatic rings. The molecule has 0 radical (unpaired) electrons. The molecular weight excluding hydrogens is 608 g/mol. The quantitative estimate of drug-likeness (QED) is 0.280. The molecule has 0 amide bonds. The first-order valence-corrected chi connectivity index (χ1v) is 17.1. The van der Waals surface area contributed by atoms with Gasteiger partial charge in [0.15, 0.2) is 18.2 Å². The molecule has 2 saturated heterocycles. The minimum atomic E-state index is -1.36. The lowest BCUT2D eigenvalue weighted by Gasteiger charge is -2.45. The number of imidazole rings is 1. The van der Waals surface area contributed by atoms with Crippen molar-refractivity contribution in [2.75, 3.05) is 20.3 Å². The second-order valence-corrected chi connectivity index (χ2v) is 14.7. The monoisotopic (exact) mass is 662 g/mol. The van der Waals surface area contributed by atoms with Gasteiger partial charge in [0.25, 0.3) is 0 Å². The Morgan fingerprint density at radius 3 is 2.62 bits per heavy atom. The van der Waals surface area contributed by atoms with Gasteiger partial charge >= 0.3 is 11.9 Å². The molecule has 2 bridgehead atoms. The fourth-order valence-electron chi connectivity index (χ4n) is 8.22. The minimum Gasteiger partial charge on any atom is -0.459 e. The molecule has 4 unspecified atom stereocenters. The Bertz CT molecular complexity index is 1280. The first-order chi connectivity index (χ1) is 22.2. The molecule has 5 rings (SSSR count). The molecule has 3 aliphatic heterocycles. The Morgan fingerprint density at radius 1 is 1.19 bits per heavy atom. The van der Waals surface area contributed by atoms with Crippen molar-refractivity contribution in [3.63, 3.8) is 0 Å². The third-order valence-corrected chi connectivity index (χ3v) is 11.0. The van der Waals surface area contributed by atoms with Gasteiger partial charge in [0.05, 0.1) is 31.7 Å². The van der Waals surface area contributed by atoms with Crippen LogP contribution in [0.4, 0.5) is 0 Å². The number of allylic oxidation sites excluding steroid dienone is 1. The van der Waals surface area contributed by atoms with Crippen LogP contribution in [0.3, 0.4) is 0 Å². The van der Waals surface area contributed by atoms with Gasteiger partial charge in [-0.3, -0.25) is 9.59 Å². The number of ether oxygens (including phenoxy) is 6. The summed E-state index contributed by atoms with van der Waals surface area (Å²) in [7, 11) is 3.52. The van der Waals surface area contributed by atoms with Crippen LogP contribution in [0, 0.1) is 29.6 Å². The highest BCUT2D eigenvalue weighted by Crippen LogP contribution is 2.53. The van der Waals surface area contributed by atoms with Gasteiger partial charge in [0.1, 0.15) is 23.9 Å². The number of fused-ring (bicyclic) bond motifs is 3. The summed E-state index contributed by atoms with van der Waals surface area (Å²) in [6.45, 7) is 9.89. The largest absolute Gasteiger partial charge is 0.459 e. The second kappa shape index (κ2) is 14.6. The van der Waals surface area contributed by atoms with E-state index in [0.717, 1.165) is 24.1 Å². The van der Waals surface area contributed by atoms with Crippen molar-refractivity contribution in [3.8, 4) is 0 Å². The van der Waals surface area contributed by atoms with Gasteiger partial charge in [-0.15, -0.1) is 0 Å². The molecule has 12 heteroatoms. The maximum absolute atomic E-state index is 13.4. The lowest BCUT2D eigenvalue weighted by Crippen LogP contribution is -2.55. The number of esters is 2. The standard InChI is InChI=1S/C35H54N2O10/c1-20(2)25-10-8-21(3)26-15-29(46-30(40)11-9-24-16-37(6)19-36-24)34(5)12-13-35(42-7,47-34)23(14-27(25)26)17-43-33-32(45-22(4)38)31(41)28(39)18-44-33/h14,16,19-21,25-29,31-33,39,41H,8-13,15,17-18H2,1-7H3/t21-,25+,26-,27+,28?,29-,31?,32?,33?,34-,35+/m0/s1. The van der Waals surface area contributed by atoms with E-state index in [-0.39, 0.29) is 37.4 Å². The van der Waals surface area contributed by atoms with Gasteiger partial charge in [-0.05, 0) is 55.8 Å². The van der Waals surface area contributed by atoms with E-state index in [1.807, 2.05) is 24.7 Å². The number of aliphatic hydroxyl groups is 2. The Labute approximate surface area is 278 Å². The van der Waals surface area contributed by atoms with Crippen LogP contribution < -0.4 is 0 Å². The van der Waals surface area contributed by atoms with Gasteiger partial charge < -0.3 is 43.2 Å². The minimum absolute atomic E-state index is 0.0200. The lowest BCUT2D eigenvalue weighted by molar-refractivity contribution is -0.279. The molecule has 1 aliphatic carbocycles. The Morgan fingerprint density at radius 2 is 1.96 bits per heavy atom. The van der Waals surface area contributed by atoms with Crippen molar-refractivity contribution >= 4 is 11.9 Å². The van der Waals surface area contributed by atoms with E-state index in [1.165, 1.54) is 6.92 Å². The van der Waals surface area contributed by atoms with E-state index in [0.29, 0.717) is 43.4 Å². The summed E-state index contributed by atoms with van der Waals surface area (Å²) in [4.78, 5) is 29.6. The Balaban J connectivity index is 1.45. The van der Waals surface area contributed by atoms with Crippen LogP contribution in [0.1, 0.15) is 78.8 Å². The summed E-state index contributed by atoms with van der Waals surface area (Å²) < 4.78 is 38.7. The van der Waals surface area contributed by atoms with E-state index in [4.69, 9.17) is 28.4 Å². The summed E-state index contributed by atoms with van der Waals surface area (Å²) in [5.41, 5.74) is 0.804. The van der Waals surface area contributed by atoms with Gasteiger partial charge in [0, 0.05) is 45.7 Å². The highest BCUT2D eigenvalue weighted by atomic mass is 16.7. The molecule has 1 aromatic heterocycles. The molecule has 0 spiro atoms. The molecule has 12 nitrogen and oxygen atoms in total. The third kappa shape index (κ3) is 7.78. The van der Waals surface area contributed by atoms with Crippen molar-refractivity contribution in [2.24, 2.45) is 36.6 Å². The van der Waals surface area contributed by atoms with Gasteiger partial charge in [0.2, 0.25) is 0 Å². The zero-order chi connectivity index (χ0) is 34.1. The molecular formula is C35H54N2O10. The van der Waals surface area contributed by atoms with Crippen LogP contribution in [0.2, 0.25) is 0 Å². The topological polar surface area (TPSA) is 148 Å². The average molecular weight is 663 g/mol. The number of hydrogen-bond donors (Lipinski definition) is 2. The number of nitrogens with zero attached hydrogens (tertiary/aromatic N) is 2. The van der Waals surface area contributed by atoms with Crippen molar-refractivity contribution in [2.45, 2.75) is 122 Å². The van der Waals surface area contributed by atoms with E-state index in [2.05, 4.69) is 31.8 Å². The van der Waals surface area contributed by atoms with Crippen LogP contribution in [0.25, 0.3) is 0 Å². The number of hydrogen-bond acceptors (Lipinski definition) is 11. The maximum Gasteiger partial charge on any atom is 0.306 e. The van der Waals surface area contributed by atoms with Crippen LogP contribution in [-0.4, -0.2) is 94.1 Å². The second-order valence-electron chi connectivity index (χ2n) is 14.7. The number of rotatable bonds is 10. The smallest absolute Gasteiger partial charge is 0.306 e. The highest BCUT2D eigenvalue weighted by molar-refractivity contribution is 5.70. The molecule has 47 heavy (non-hydrogen) atoms. The SMILES string of the molecule is CO[C@]12CC[C@](C)(O1)[C@@H](OC(=O)CCc1cn(C)cn1)C[C@@H]1[C@H](C=C2COC2OCC(O)C(O)C2OC(C)=O)[C@@H](C(C)C)CC[C@@H]1C. The van der Waals surface area contributed by atoms with Crippen molar-refractivity contribution < 1.29 is 48.2 Å². The molecule has 1 aromatic rings. The molecule has 0 aromatic carbocycles.